The molecule has 3 aromatic heterocycles. The summed E-state index contributed by atoms with van der Waals surface area (Å²) in [6.45, 7) is 2.09. The monoisotopic (exact) mass is 271 g/mol. The summed E-state index contributed by atoms with van der Waals surface area (Å²) in [6.07, 6.45) is 6.78. The zero-order chi connectivity index (χ0) is 14.1. The van der Waals surface area contributed by atoms with Gasteiger partial charge in [0, 0.05) is 24.4 Å². The van der Waals surface area contributed by atoms with Gasteiger partial charge >= 0.3 is 5.97 Å². The van der Waals surface area contributed by atoms with Crippen molar-refractivity contribution in [2.45, 2.75) is 6.92 Å². The van der Waals surface area contributed by atoms with Gasteiger partial charge in [-0.05, 0) is 13.0 Å². The second kappa shape index (κ2) is 4.76. The molecule has 0 saturated carbocycles. The Morgan fingerprint density at radius 2 is 1.95 bits per heavy atom. The number of fused-ring (bicyclic) bond motifs is 1. The van der Waals surface area contributed by atoms with Crippen LogP contribution in [0.4, 0.5) is 0 Å². The lowest BCUT2D eigenvalue weighted by molar-refractivity contribution is 0.0528. The Kier molecular flexibility index (Phi) is 2.94. The van der Waals surface area contributed by atoms with Crippen molar-refractivity contribution in [3.05, 3.63) is 36.4 Å². The fourth-order valence-corrected chi connectivity index (χ4v) is 1.97. The van der Waals surface area contributed by atoms with Gasteiger partial charge in [0.2, 0.25) is 0 Å². The molecule has 0 saturated heterocycles. The number of nitrogens with zero attached hydrogens (tertiary/aromatic N) is 5. The SMILES string of the molecule is CCOC(=O)c1cnn2ncc(-c3cnn(C)c3)cc12. The molecular weight excluding hydrogens is 258 g/mol. The Balaban J connectivity index is 2.09. The molecule has 7 nitrogen and oxygen atoms in total. The van der Waals surface area contributed by atoms with Crippen molar-refractivity contribution in [2.75, 3.05) is 6.61 Å². The molecule has 0 amide bonds. The highest BCUT2D eigenvalue weighted by Gasteiger charge is 2.15. The second-order valence-corrected chi connectivity index (χ2v) is 4.30. The van der Waals surface area contributed by atoms with Crippen LogP contribution in [-0.4, -0.2) is 37.2 Å². The standard InChI is InChI=1S/C13H13N5O2/c1-3-20-13(19)11-7-16-18-12(11)4-9(5-15-18)10-6-14-17(2)8-10/h4-8H,3H2,1-2H3. The molecule has 3 aromatic rings. The first-order chi connectivity index (χ1) is 9.69. The van der Waals surface area contributed by atoms with E-state index in [4.69, 9.17) is 4.74 Å². The summed E-state index contributed by atoms with van der Waals surface area (Å²) >= 11 is 0. The number of carbonyl (C=O) groups is 1. The molecule has 102 valence electrons. The fourth-order valence-electron chi connectivity index (χ4n) is 1.97. The van der Waals surface area contributed by atoms with E-state index in [2.05, 4.69) is 15.3 Å². The fraction of sp³-hybridized carbons (Fsp3) is 0.231. The van der Waals surface area contributed by atoms with E-state index in [-0.39, 0.29) is 0 Å². The first-order valence-corrected chi connectivity index (χ1v) is 6.19. The Bertz CT molecular complexity index is 774. The van der Waals surface area contributed by atoms with E-state index in [1.165, 1.54) is 10.8 Å². The van der Waals surface area contributed by atoms with E-state index in [0.717, 1.165) is 11.1 Å². The van der Waals surface area contributed by atoms with Crippen LogP contribution in [0.1, 0.15) is 17.3 Å². The lowest BCUT2D eigenvalue weighted by atomic mass is 10.1. The van der Waals surface area contributed by atoms with E-state index in [1.54, 1.807) is 24.0 Å². The van der Waals surface area contributed by atoms with Gasteiger partial charge in [-0.1, -0.05) is 0 Å². The van der Waals surface area contributed by atoms with Gasteiger partial charge < -0.3 is 4.74 Å². The summed E-state index contributed by atoms with van der Waals surface area (Å²) in [5.41, 5.74) is 2.82. The molecule has 0 atom stereocenters. The highest BCUT2D eigenvalue weighted by molar-refractivity contribution is 5.97. The third-order valence-electron chi connectivity index (χ3n) is 2.92. The normalized spacial score (nSPS) is 10.9. The Labute approximate surface area is 114 Å². The Morgan fingerprint density at radius 1 is 1.20 bits per heavy atom. The molecule has 0 fully saturated rings. The Morgan fingerprint density at radius 3 is 2.65 bits per heavy atom. The molecule has 0 aliphatic carbocycles. The predicted molar refractivity (Wildman–Crippen MR) is 71.1 cm³/mol. The molecule has 0 aromatic carbocycles. The second-order valence-electron chi connectivity index (χ2n) is 4.30. The van der Waals surface area contributed by atoms with Gasteiger partial charge in [-0.25, -0.2) is 4.79 Å². The zero-order valence-corrected chi connectivity index (χ0v) is 11.1. The van der Waals surface area contributed by atoms with Crippen LogP contribution in [0.3, 0.4) is 0 Å². The van der Waals surface area contributed by atoms with Crippen LogP contribution in [0.5, 0.6) is 0 Å². The van der Waals surface area contributed by atoms with Crippen LogP contribution in [0.25, 0.3) is 16.6 Å². The number of hydrogen-bond donors (Lipinski definition) is 0. The molecule has 0 radical (unpaired) electrons. The van der Waals surface area contributed by atoms with Crippen LogP contribution in [0.2, 0.25) is 0 Å². The van der Waals surface area contributed by atoms with E-state index in [0.29, 0.717) is 17.7 Å². The number of esters is 1. The van der Waals surface area contributed by atoms with Crippen LogP contribution in [0, 0.1) is 0 Å². The molecule has 0 bridgehead atoms. The lowest BCUT2D eigenvalue weighted by Gasteiger charge is -2.01. The first-order valence-electron chi connectivity index (χ1n) is 6.19. The van der Waals surface area contributed by atoms with Crippen LogP contribution in [0.15, 0.2) is 30.9 Å². The van der Waals surface area contributed by atoms with Gasteiger partial charge in [0.1, 0.15) is 11.1 Å². The summed E-state index contributed by atoms with van der Waals surface area (Å²) in [4.78, 5) is 11.9. The topological polar surface area (TPSA) is 74.3 Å². The van der Waals surface area contributed by atoms with E-state index in [1.807, 2.05) is 19.3 Å². The van der Waals surface area contributed by atoms with Crippen molar-refractivity contribution in [2.24, 2.45) is 7.05 Å². The zero-order valence-electron chi connectivity index (χ0n) is 11.1. The van der Waals surface area contributed by atoms with Crippen LogP contribution in [-0.2, 0) is 11.8 Å². The molecule has 3 rings (SSSR count). The van der Waals surface area contributed by atoms with Crippen molar-refractivity contribution < 1.29 is 9.53 Å². The molecular formula is C13H13N5O2. The molecule has 0 aliphatic rings. The van der Waals surface area contributed by atoms with Gasteiger partial charge in [-0.3, -0.25) is 4.68 Å². The van der Waals surface area contributed by atoms with Gasteiger partial charge in [0.05, 0.1) is 25.2 Å². The largest absolute Gasteiger partial charge is 0.462 e. The van der Waals surface area contributed by atoms with Crippen molar-refractivity contribution >= 4 is 11.5 Å². The minimum atomic E-state index is -0.396. The molecule has 3 heterocycles. The van der Waals surface area contributed by atoms with Gasteiger partial charge in [-0.15, -0.1) is 0 Å². The number of aromatic nitrogens is 5. The summed E-state index contributed by atoms with van der Waals surface area (Å²) in [5.74, 6) is -0.396. The number of aryl methyl sites for hydroxylation is 1. The van der Waals surface area contributed by atoms with Crippen molar-refractivity contribution in [1.29, 1.82) is 0 Å². The lowest BCUT2D eigenvalue weighted by Crippen LogP contribution is -2.04. The maximum atomic E-state index is 11.9. The van der Waals surface area contributed by atoms with Crippen LogP contribution >= 0.6 is 0 Å². The number of rotatable bonds is 3. The maximum Gasteiger partial charge on any atom is 0.342 e. The molecule has 0 unspecified atom stereocenters. The van der Waals surface area contributed by atoms with Gasteiger partial charge in [0.15, 0.2) is 0 Å². The maximum absolute atomic E-state index is 11.9. The van der Waals surface area contributed by atoms with E-state index < -0.39 is 5.97 Å². The summed E-state index contributed by atoms with van der Waals surface area (Å²) in [7, 11) is 1.85. The Hall–Kier alpha value is -2.70. The number of carbonyl (C=O) groups excluding carboxylic acids is 1. The quantitative estimate of drug-likeness (QED) is 0.671. The average molecular weight is 271 g/mol. The average Bonchev–Trinajstić information content (AvgIpc) is 3.04. The van der Waals surface area contributed by atoms with Crippen LogP contribution < -0.4 is 0 Å². The van der Waals surface area contributed by atoms with Crippen molar-refractivity contribution in [3.63, 3.8) is 0 Å². The number of hydrogen-bond acceptors (Lipinski definition) is 5. The smallest absolute Gasteiger partial charge is 0.342 e. The molecule has 0 spiro atoms. The highest BCUT2D eigenvalue weighted by atomic mass is 16.5. The summed E-state index contributed by atoms with van der Waals surface area (Å²) in [5, 5.41) is 12.4. The molecule has 0 N–H and O–H groups in total. The van der Waals surface area contributed by atoms with E-state index in [9.17, 15) is 4.79 Å². The van der Waals surface area contributed by atoms with E-state index >= 15 is 0 Å². The first kappa shape index (κ1) is 12.3. The third-order valence-corrected chi connectivity index (χ3v) is 2.92. The summed E-state index contributed by atoms with van der Waals surface area (Å²) in [6, 6.07) is 1.85. The molecule has 0 aliphatic heterocycles. The minimum absolute atomic E-state index is 0.325. The predicted octanol–water partition coefficient (Wildman–Crippen LogP) is 1.31. The van der Waals surface area contributed by atoms with Crippen molar-refractivity contribution in [3.8, 4) is 11.1 Å². The highest BCUT2D eigenvalue weighted by Crippen LogP contribution is 2.21. The van der Waals surface area contributed by atoms with Gasteiger partial charge in [0.25, 0.3) is 0 Å². The van der Waals surface area contributed by atoms with Crippen molar-refractivity contribution in [1.82, 2.24) is 24.6 Å². The summed E-state index contributed by atoms with van der Waals surface area (Å²) < 4.78 is 8.13. The molecule has 7 heteroatoms. The number of ether oxygens (including phenoxy) is 1. The van der Waals surface area contributed by atoms with Gasteiger partial charge in [-0.2, -0.15) is 19.9 Å². The minimum Gasteiger partial charge on any atom is -0.462 e. The molecule has 20 heavy (non-hydrogen) atoms. The third kappa shape index (κ3) is 2.03.